The van der Waals surface area contributed by atoms with Crippen LogP contribution >= 0.6 is 15.9 Å². The Morgan fingerprint density at radius 1 is 1.54 bits per heavy atom. The number of hydroxylamine groups is 1. The molecule has 2 N–H and O–H groups in total. The first-order valence-corrected chi connectivity index (χ1v) is 4.74. The molecule has 1 aliphatic rings. The molecule has 1 aliphatic carbocycles. The number of hydrogen-bond acceptors (Lipinski definition) is 3. The van der Waals surface area contributed by atoms with Crippen molar-refractivity contribution in [2.75, 3.05) is 0 Å². The highest BCUT2D eigenvalue weighted by atomic mass is 79.9. The van der Waals surface area contributed by atoms with Crippen molar-refractivity contribution >= 4 is 21.7 Å². The first-order valence-electron chi connectivity index (χ1n) is 3.95. The molecule has 2 rings (SSSR count). The summed E-state index contributed by atoms with van der Waals surface area (Å²) >= 11 is 3.37. The average Bonchev–Trinajstić information content (AvgIpc) is 2.45. The molecule has 13 heavy (non-hydrogen) atoms. The first-order chi connectivity index (χ1) is 6.24. The van der Waals surface area contributed by atoms with E-state index in [1.807, 2.05) is 17.6 Å². The maximum Gasteiger partial charge on any atom is 0.182 e. The van der Waals surface area contributed by atoms with Gasteiger partial charge in [0.1, 0.15) is 0 Å². The fourth-order valence-corrected chi connectivity index (χ4v) is 2.11. The van der Waals surface area contributed by atoms with E-state index in [4.69, 9.17) is 5.21 Å². The third-order valence-corrected chi connectivity index (χ3v) is 3.01. The molecule has 0 aromatic heterocycles. The highest BCUT2D eigenvalue weighted by Gasteiger charge is 2.30. The number of carbonyl (C=O) groups is 1. The van der Waals surface area contributed by atoms with E-state index in [0.29, 0.717) is 12.0 Å². The van der Waals surface area contributed by atoms with Gasteiger partial charge in [0.2, 0.25) is 0 Å². The molecule has 4 heteroatoms. The molecular formula is C9H8BrNO2. The zero-order chi connectivity index (χ0) is 9.42. The normalized spacial score (nSPS) is 20.5. The second kappa shape index (κ2) is 3.21. The molecule has 1 unspecified atom stereocenters. The zero-order valence-electron chi connectivity index (χ0n) is 6.75. The molecular weight excluding hydrogens is 234 g/mol. The van der Waals surface area contributed by atoms with Crippen LogP contribution in [-0.4, -0.2) is 17.0 Å². The van der Waals surface area contributed by atoms with E-state index in [2.05, 4.69) is 15.9 Å². The number of halogens is 1. The van der Waals surface area contributed by atoms with E-state index >= 15 is 0 Å². The lowest BCUT2D eigenvalue weighted by molar-refractivity contribution is 0.0792. The predicted molar refractivity (Wildman–Crippen MR) is 50.9 cm³/mol. The standard InChI is InChI=1S/C9H8BrNO2/c10-7-3-1-2-5-6(7)4-8(11-13)9(5)12/h1-3,8,11,13H,4H2. The third kappa shape index (κ3) is 1.31. The SMILES string of the molecule is O=C1c2cccc(Br)c2CC1NO. The van der Waals surface area contributed by atoms with E-state index in [-0.39, 0.29) is 5.78 Å². The van der Waals surface area contributed by atoms with Crippen molar-refractivity contribution in [3.05, 3.63) is 33.8 Å². The fraction of sp³-hybridized carbons (Fsp3) is 0.222. The molecule has 0 amide bonds. The van der Waals surface area contributed by atoms with Crippen LogP contribution in [0.1, 0.15) is 15.9 Å². The van der Waals surface area contributed by atoms with Crippen molar-refractivity contribution in [3.63, 3.8) is 0 Å². The van der Waals surface area contributed by atoms with Crippen LogP contribution in [-0.2, 0) is 6.42 Å². The number of hydrogen-bond donors (Lipinski definition) is 2. The highest BCUT2D eigenvalue weighted by molar-refractivity contribution is 9.10. The minimum absolute atomic E-state index is 0.0428. The van der Waals surface area contributed by atoms with Gasteiger partial charge in [0.25, 0.3) is 0 Å². The van der Waals surface area contributed by atoms with E-state index < -0.39 is 6.04 Å². The van der Waals surface area contributed by atoms with E-state index in [0.717, 1.165) is 10.0 Å². The second-order valence-electron chi connectivity index (χ2n) is 3.02. The molecule has 0 radical (unpaired) electrons. The van der Waals surface area contributed by atoms with Crippen molar-refractivity contribution in [2.45, 2.75) is 12.5 Å². The van der Waals surface area contributed by atoms with Crippen LogP contribution in [0.15, 0.2) is 22.7 Å². The molecule has 0 fully saturated rings. The number of rotatable bonds is 1. The van der Waals surface area contributed by atoms with Crippen LogP contribution in [0.3, 0.4) is 0 Å². The van der Waals surface area contributed by atoms with Gasteiger partial charge in [0.05, 0.1) is 6.04 Å². The van der Waals surface area contributed by atoms with Crippen LogP contribution in [0, 0.1) is 0 Å². The van der Waals surface area contributed by atoms with Gasteiger partial charge in [-0.1, -0.05) is 28.1 Å². The van der Waals surface area contributed by atoms with E-state index in [9.17, 15) is 4.79 Å². The Labute approximate surface area is 83.8 Å². The van der Waals surface area contributed by atoms with Gasteiger partial charge in [-0.3, -0.25) is 4.79 Å². The fourth-order valence-electron chi connectivity index (χ4n) is 1.59. The molecule has 0 spiro atoms. The molecule has 0 heterocycles. The summed E-state index contributed by atoms with van der Waals surface area (Å²) < 4.78 is 0.927. The quantitative estimate of drug-likeness (QED) is 0.734. The summed E-state index contributed by atoms with van der Waals surface area (Å²) in [5.74, 6) is -0.0428. The van der Waals surface area contributed by atoms with Crippen molar-refractivity contribution in [1.29, 1.82) is 0 Å². The lowest BCUT2D eigenvalue weighted by atomic mass is 10.1. The summed E-state index contributed by atoms with van der Waals surface area (Å²) in [5, 5.41) is 8.71. The smallest absolute Gasteiger partial charge is 0.182 e. The van der Waals surface area contributed by atoms with Gasteiger partial charge in [0, 0.05) is 10.0 Å². The van der Waals surface area contributed by atoms with Gasteiger partial charge in [-0.15, -0.1) is 0 Å². The highest BCUT2D eigenvalue weighted by Crippen LogP contribution is 2.28. The summed E-state index contributed by atoms with van der Waals surface area (Å²) in [6, 6.07) is 5.01. The van der Waals surface area contributed by atoms with Crippen molar-refractivity contribution in [2.24, 2.45) is 0 Å². The second-order valence-corrected chi connectivity index (χ2v) is 3.87. The van der Waals surface area contributed by atoms with Gasteiger partial charge < -0.3 is 5.21 Å². The minimum Gasteiger partial charge on any atom is -0.316 e. The monoisotopic (exact) mass is 241 g/mol. The number of fused-ring (bicyclic) bond motifs is 1. The molecule has 0 saturated heterocycles. The molecule has 3 nitrogen and oxygen atoms in total. The Bertz CT molecular complexity index is 365. The Balaban J connectivity index is 2.49. The summed E-state index contributed by atoms with van der Waals surface area (Å²) in [6.07, 6.45) is 0.548. The predicted octanol–water partition coefficient (Wildman–Crippen LogP) is 1.54. The molecule has 1 aromatic carbocycles. The average molecular weight is 242 g/mol. The van der Waals surface area contributed by atoms with Crippen LogP contribution in [0.4, 0.5) is 0 Å². The Kier molecular flexibility index (Phi) is 2.19. The molecule has 0 saturated carbocycles. The summed E-state index contributed by atoms with van der Waals surface area (Å²) in [4.78, 5) is 11.5. The summed E-state index contributed by atoms with van der Waals surface area (Å²) in [6.45, 7) is 0. The molecule has 68 valence electrons. The maximum absolute atomic E-state index is 11.5. The first kappa shape index (κ1) is 8.87. The summed E-state index contributed by atoms with van der Waals surface area (Å²) in [7, 11) is 0. The van der Waals surface area contributed by atoms with Crippen LogP contribution in [0.5, 0.6) is 0 Å². The van der Waals surface area contributed by atoms with Crippen LogP contribution < -0.4 is 5.48 Å². The van der Waals surface area contributed by atoms with Gasteiger partial charge in [-0.2, -0.15) is 5.48 Å². The van der Waals surface area contributed by atoms with E-state index in [1.165, 1.54) is 0 Å². The number of ketones is 1. The number of Topliss-reactive ketones (excluding diaryl/α,β-unsaturated/α-hetero) is 1. The minimum atomic E-state index is -0.478. The van der Waals surface area contributed by atoms with Crippen LogP contribution in [0.25, 0.3) is 0 Å². The largest absolute Gasteiger partial charge is 0.316 e. The van der Waals surface area contributed by atoms with Crippen molar-refractivity contribution < 1.29 is 10.0 Å². The van der Waals surface area contributed by atoms with Gasteiger partial charge >= 0.3 is 0 Å². The summed E-state index contributed by atoms with van der Waals surface area (Å²) in [5.41, 5.74) is 3.68. The zero-order valence-corrected chi connectivity index (χ0v) is 8.34. The Hall–Kier alpha value is -0.710. The molecule has 0 bridgehead atoms. The number of nitrogens with one attached hydrogen (secondary N) is 1. The topological polar surface area (TPSA) is 49.3 Å². The maximum atomic E-state index is 11.5. The van der Waals surface area contributed by atoms with Crippen molar-refractivity contribution in [1.82, 2.24) is 5.48 Å². The molecule has 1 aromatic rings. The van der Waals surface area contributed by atoms with E-state index in [1.54, 1.807) is 6.07 Å². The van der Waals surface area contributed by atoms with Crippen molar-refractivity contribution in [3.8, 4) is 0 Å². The lowest BCUT2D eigenvalue weighted by Crippen LogP contribution is -2.31. The number of carbonyl (C=O) groups excluding carboxylic acids is 1. The van der Waals surface area contributed by atoms with Gasteiger partial charge in [0.15, 0.2) is 5.78 Å². The number of benzene rings is 1. The van der Waals surface area contributed by atoms with Gasteiger partial charge in [-0.05, 0) is 18.1 Å². The molecule has 1 atom stereocenters. The molecule has 0 aliphatic heterocycles. The Morgan fingerprint density at radius 3 is 2.92 bits per heavy atom. The third-order valence-electron chi connectivity index (χ3n) is 2.26. The van der Waals surface area contributed by atoms with Crippen LogP contribution in [0.2, 0.25) is 0 Å². The van der Waals surface area contributed by atoms with Gasteiger partial charge in [-0.25, -0.2) is 0 Å². The lowest BCUT2D eigenvalue weighted by Gasteiger charge is -2.01. The Morgan fingerprint density at radius 2 is 2.31 bits per heavy atom.